The lowest BCUT2D eigenvalue weighted by molar-refractivity contribution is -0.242. The molecule has 0 bridgehead atoms. The molecule has 5 rings (SSSR count). The third kappa shape index (κ3) is 2.19. The molecule has 5 saturated carbocycles. The largest absolute Gasteiger partial charge is 0.393 e. The van der Waals surface area contributed by atoms with Gasteiger partial charge in [-0.05, 0) is 115 Å². The van der Waals surface area contributed by atoms with Gasteiger partial charge in [0.25, 0.3) is 0 Å². The van der Waals surface area contributed by atoms with Crippen LogP contribution in [0, 0.1) is 50.7 Å². The van der Waals surface area contributed by atoms with Crippen molar-refractivity contribution in [2.24, 2.45) is 50.7 Å². The molecule has 5 fully saturated rings. The Morgan fingerprint density at radius 1 is 0.571 bits per heavy atom. The van der Waals surface area contributed by atoms with Gasteiger partial charge in [0.1, 0.15) is 0 Å². The minimum absolute atomic E-state index is 0.0209. The van der Waals surface area contributed by atoms with Crippen LogP contribution in [0.5, 0.6) is 0 Å². The topological polar surface area (TPSA) is 20.2 Å². The second-order valence-corrected chi connectivity index (χ2v) is 13.7. The van der Waals surface area contributed by atoms with E-state index in [2.05, 4.69) is 41.5 Å². The zero-order valence-corrected chi connectivity index (χ0v) is 19.6. The Labute approximate surface area is 174 Å². The van der Waals surface area contributed by atoms with E-state index >= 15 is 0 Å². The van der Waals surface area contributed by atoms with Crippen LogP contribution in [-0.2, 0) is 0 Å². The van der Waals surface area contributed by atoms with Crippen LogP contribution in [0.3, 0.4) is 0 Å². The number of rotatable bonds is 0. The van der Waals surface area contributed by atoms with Crippen LogP contribution < -0.4 is 0 Å². The van der Waals surface area contributed by atoms with Crippen LogP contribution in [0.25, 0.3) is 0 Å². The highest BCUT2D eigenvalue weighted by atomic mass is 16.3. The third-order valence-electron chi connectivity index (χ3n) is 12.7. The summed E-state index contributed by atoms with van der Waals surface area (Å²) in [5, 5.41) is 10.7. The van der Waals surface area contributed by atoms with E-state index in [1.807, 2.05) is 0 Å². The zero-order chi connectivity index (χ0) is 20.2. The van der Waals surface area contributed by atoms with Crippen molar-refractivity contribution < 1.29 is 5.11 Å². The molecule has 0 spiro atoms. The maximum absolute atomic E-state index is 10.7. The van der Waals surface area contributed by atoms with Gasteiger partial charge in [0.05, 0.1) is 6.10 Å². The molecule has 28 heavy (non-hydrogen) atoms. The molecule has 1 nitrogen and oxygen atoms in total. The summed E-state index contributed by atoms with van der Waals surface area (Å²) in [4.78, 5) is 0. The molecule has 0 aliphatic heterocycles. The van der Waals surface area contributed by atoms with E-state index in [9.17, 15) is 5.11 Å². The standard InChI is InChI=1S/C27H46O/c1-23(2)13-7-14-25(4)20(23)12-17-27(6)22(25)9-8-21-24(3)15-11-19(28)18(24)10-16-26(21,27)5/h18-22,28H,7-17H2,1-6H3/t18-,19-,20+,21+,22+,24-,25-,26+,27+/m0/s1. The van der Waals surface area contributed by atoms with E-state index in [4.69, 9.17) is 0 Å². The minimum Gasteiger partial charge on any atom is -0.393 e. The summed E-state index contributed by atoms with van der Waals surface area (Å²) in [6, 6.07) is 0. The van der Waals surface area contributed by atoms with Crippen molar-refractivity contribution in [3.8, 4) is 0 Å². The summed E-state index contributed by atoms with van der Waals surface area (Å²) >= 11 is 0. The van der Waals surface area contributed by atoms with Crippen LogP contribution >= 0.6 is 0 Å². The second kappa shape index (κ2) is 5.80. The fourth-order valence-electron chi connectivity index (χ4n) is 11.2. The van der Waals surface area contributed by atoms with Gasteiger partial charge in [0, 0.05) is 0 Å². The van der Waals surface area contributed by atoms with Crippen molar-refractivity contribution in [3.05, 3.63) is 0 Å². The minimum atomic E-state index is -0.0209. The summed E-state index contributed by atoms with van der Waals surface area (Å²) in [6.45, 7) is 15.9. The average Bonchev–Trinajstić information content (AvgIpc) is 2.90. The predicted octanol–water partition coefficient (Wildman–Crippen LogP) is 7.22. The molecule has 0 aromatic carbocycles. The SMILES string of the molecule is CC1(C)CCC[C@@]2(C)[C@@H]1CC[C@]1(C)[C@@H]2CC[C@@H]2[C@@]3(C)CC[C@H](O)[C@@H]3CC[C@]21C. The molecule has 1 N–H and O–H groups in total. The lowest BCUT2D eigenvalue weighted by Crippen LogP contribution is -2.65. The van der Waals surface area contributed by atoms with Crippen LogP contribution in [0.1, 0.15) is 112 Å². The van der Waals surface area contributed by atoms with Gasteiger partial charge in [0.2, 0.25) is 0 Å². The molecule has 160 valence electrons. The van der Waals surface area contributed by atoms with E-state index < -0.39 is 0 Å². The van der Waals surface area contributed by atoms with E-state index in [1.165, 1.54) is 64.2 Å². The van der Waals surface area contributed by atoms with Crippen LogP contribution in [-0.4, -0.2) is 11.2 Å². The van der Waals surface area contributed by atoms with Gasteiger partial charge < -0.3 is 5.11 Å². The molecule has 0 aromatic heterocycles. The van der Waals surface area contributed by atoms with Gasteiger partial charge in [-0.1, -0.05) is 48.0 Å². The molecular weight excluding hydrogens is 340 g/mol. The molecule has 5 aliphatic carbocycles. The average molecular weight is 387 g/mol. The number of aliphatic hydroxyl groups excluding tert-OH is 1. The number of fused-ring (bicyclic) bond motifs is 7. The number of aliphatic hydroxyl groups is 1. The molecule has 0 unspecified atom stereocenters. The normalized spacial score (nSPS) is 60.3. The summed E-state index contributed by atoms with van der Waals surface area (Å²) in [7, 11) is 0. The van der Waals surface area contributed by atoms with Gasteiger partial charge in [-0.3, -0.25) is 0 Å². The van der Waals surface area contributed by atoms with E-state index in [1.54, 1.807) is 0 Å². The summed E-state index contributed by atoms with van der Waals surface area (Å²) in [6.07, 6.45) is 15.1. The summed E-state index contributed by atoms with van der Waals surface area (Å²) in [5.41, 5.74) is 2.45. The first-order valence-electron chi connectivity index (χ1n) is 12.7. The Balaban J connectivity index is 1.55. The van der Waals surface area contributed by atoms with Crippen LogP contribution in [0.2, 0.25) is 0 Å². The van der Waals surface area contributed by atoms with Crippen molar-refractivity contribution in [2.75, 3.05) is 0 Å². The highest BCUT2D eigenvalue weighted by Crippen LogP contribution is 2.77. The van der Waals surface area contributed by atoms with E-state index in [0.717, 1.165) is 24.2 Å². The Bertz CT molecular complexity index is 653. The first kappa shape index (κ1) is 19.9. The van der Waals surface area contributed by atoms with Crippen LogP contribution in [0.4, 0.5) is 0 Å². The van der Waals surface area contributed by atoms with E-state index in [-0.39, 0.29) is 6.10 Å². The lowest BCUT2D eigenvalue weighted by atomic mass is 9.32. The predicted molar refractivity (Wildman–Crippen MR) is 117 cm³/mol. The summed E-state index contributed by atoms with van der Waals surface area (Å²) < 4.78 is 0. The second-order valence-electron chi connectivity index (χ2n) is 13.7. The lowest BCUT2D eigenvalue weighted by Gasteiger charge is -2.73. The first-order valence-corrected chi connectivity index (χ1v) is 12.7. The Morgan fingerprint density at radius 2 is 1.18 bits per heavy atom. The summed E-state index contributed by atoms with van der Waals surface area (Å²) in [5.74, 6) is 3.23. The first-order chi connectivity index (χ1) is 13.0. The maximum atomic E-state index is 10.7. The van der Waals surface area contributed by atoms with Crippen molar-refractivity contribution in [1.29, 1.82) is 0 Å². The molecule has 0 radical (unpaired) electrons. The molecule has 5 aliphatic rings. The van der Waals surface area contributed by atoms with Crippen molar-refractivity contribution in [1.82, 2.24) is 0 Å². The maximum Gasteiger partial charge on any atom is 0.0573 e. The van der Waals surface area contributed by atoms with Gasteiger partial charge in [-0.15, -0.1) is 0 Å². The van der Waals surface area contributed by atoms with Crippen LogP contribution in [0.15, 0.2) is 0 Å². The van der Waals surface area contributed by atoms with Crippen molar-refractivity contribution in [2.45, 2.75) is 118 Å². The molecule has 9 atom stereocenters. The Morgan fingerprint density at radius 3 is 1.86 bits per heavy atom. The van der Waals surface area contributed by atoms with E-state index in [0.29, 0.717) is 33.0 Å². The Hall–Kier alpha value is -0.0400. The number of hydrogen-bond acceptors (Lipinski definition) is 1. The van der Waals surface area contributed by atoms with Gasteiger partial charge in [-0.25, -0.2) is 0 Å². The van der Waals surface area contributed by atoms with Gasteiger partial charge >= 0.3 is 0 Å². The molecule has 0 saturated heterocycles. The van der Waals surface area contributed by atoms with Crippen molar-refractivity contribution >= 4 is 0 Å². The highest BCUT2D eigenvalue weighted by Gasteiger charge is 2.70. The molecule has 0 heterocycles. The fraction of sp³-hybridized carbons (Fsp3) is 1.00. The number of hydrogen-bond donors (Lipinski definition) is 1. The molecular formula is C27H46O. The molecule has 0 amide bonds. The van der Waals surface area contributed by atoms with Crippen molar-refractivity contribution in [3.63, 3.8) is 0 Å². The fourth-order valence-corrected chi connectivity index (χ4v) is 11.2. The quantitative estimate of drug-likeness (QED) is 0.466. The van der Waals surface area contributed by atoms with Gasteiger partial charge in [-0.2, -0.15) is 0 Å². The smallest absolute Gasteiger partial charge is 0.0573 e. The third-order valence-corrected chi connectivity index (χ3v) is 12.7. The Kier molecular flexibility index (Phi) is 4.12. The molecule has 1 heteroatoms. The zero-order valence-electron chi connectivity index (χ0n) is 19.6. The molecule has 0 aromatic rings. The monoisotopic (exact) mass is 386 g/mol. The highest BCUT2D eigenvalue weighted by molar-refractivity contribution is 5.18. The van der Waals surface area contributed by atoms with Gasteiger partial charge in [0.15, 0.2) is 0 Å².